The van der Waals surface area contributed by atoms with Gasteiger partial charge < -0.3 is 30.7 Å². The monoisotopic (exact) mass is 465 g/mol. The summed E-state index contributed by atoms with van der Waals surface area (Å²) in [5.41, 5.74) is 5.45. The number of aliphatic imine (C=N–C) groups is 1. The molecule has 3 rings (SSSR count). The summed E-state index contributed by atoms with van der Waals surface area (Å²) in [6.07, 6.45) is 2.74. The molecule has 0 bridgehead atoms. The molecule has 0 saturated carbocycles. The molecule has 0 aromatic heterocycles. The number of likely N-dealkylation sites (tertiary alicyclic amines) is 1. The average molecular weight is 466 g/mol. The number of amidine groups is 1. The number of piperidine rings is 1. The summed E-state index contributed by atoms with van der Waals surface area (Å²) in [5, 5.41) is 13.0. The predicted octanol–water partition coefficient (Wildman–Crippen LogP) is 1.61. The number of ether oxygens (including phenoxy) is 1. The molecule has 0 aliphatic carbocycles. The third-order valence-corrected chi connectivity index (χ3v) is 7.01. The van der Waals surface area contributed by atoms with Crippen molar-refractivity contribution in [3.05, 3.63) is 22.8 Å². The Labute approximate surface area is 194 Å². The van der Waals surface area contributed by atoms with Crippen LogP contribution in [0, 0.1) is 5.92 Å². The second kappa shape index (κ2) is 10.2. The van der Waals surface area contributed by atoms with Crippen molar-refractivity contribution in [2.75, 3.05) is 40.0 Å². The van der Waals surface area contributed by atoms with Crippen LogP contribution in [0.4, 0.5) is 4.39 Å². The van der Waals surface area contributed by atoms with E-state index in [1.54, 1.807) is 7.11 Å². The van der Waals surface area contributed by atoms with Crippen molar-refractivity contribution in [3.8, 4) is 0 Å². The minimum Gasteiger partial charge on any atom is -0.477 e. The van der Waals surface area contributed by atoms with E-state index in [-0.39, 0.29) is 29.8 Å². The molecule has 0 radical (unpaired) electrons. The lowest BCUT2D eigenvalue weighted by molar-refractivity contribution is -0.135. The van der Waals surface area contributed by atoms with E-state index in [0.29, 0.717) is 25.1 Å². The molecular formula is C23H36FN5O4. The molecule has 0 aromatic carbocycles. The number of nitrogens with zero attached hydrogens (tertiary/aromatic N) is 3. The van der Waals surface area contributed by atoms with Gasteiger partial charge in [0.15, 0.2) is 17.4 Å². The number of carboxylic acids is 1. The van der Waals surface area contributed by atoms with E-state index in [0.717, 1.165) is 32.5 Å². The van der Waals surface area contributed by atoms with E-state index in [4.69, 9.17) is 10.5 Å². The SMILES string of the molecule is COCCN1CCC(NC2=N/CN3/C(=C(/C(=O)O)C(=O)C(C)/C(N)=C\2F)CCC3(C)C)CC1. The number of halogens is 1. The first-order valence-electron chi connectivity index (χ1n) is 11.5. The highest BCUT2D eigenvalue weighted by Gasteiger charge is 2.41. The van der Waals surface area contributed by atoms with Gasteiger partial charge in [0.1, 0.15) is 12.2 Å². The molecule has 3 aliphatic rings. The highest BCUT2D eigenvalue weighted by Crippen LogP contribution is 2.39. The molecule has 2 fully saturated rings. The second-order valence-electron chi connectivity index (χ2n) is 9.62. The van der Waals surface area contributed by atoms with Gasteiger partial charge in [-0.25, -0.2) is 14.2 Å². The largest absolute Gasteiger partial charge is 0.477 e. The maximum Gasteiger partial charge on any atom is 0.341 e. The summed E-state index contributed by atoms with van der Waals surface area (Å²) in [7, 11) is 1.68. The van der Waals surface area contributed by atoms with Crippen LogP contribution in [0.15, 0.2) is 27.8 Å². The smallest absolute Gasteiger partial charge is 0.341 e. The van der Waals surface area contributed by atoms with Gasteiger partial charge in [-0.3, -0.25) is 4.79 Å². The third-order valence-electron chi connectivity index (χ3n) is 7.01. The standard InChI is InChI=1S/C23H36FN5O4/c1-14-19(25)18(24)21(27-15-6-9-28(10-7-15)11-12-33-4)26-13-29-16(5-8-23(29,2)3)17(20(14)30)22(31)32/h14-15H,5-13,25H2,1-4H3,(H,26,27)(H,31,32)/b17-16+,19-18-. The van der Waals surface area contributed by atoms with Crippen LogP contribution in [-0.4, -0.2) is 84.1 Å². The molecule has 0 spiro atoms. The summed E-state index contributed by atoms with van der Waals surface area (Å²) in [6.45, 7) is 8.67. The van der Waals surface area contributed by atoms with Crippen molar-refractivity contribution < 1.29 is 23.8 Å². The van der Waals surface area contributed by atoms with E-state index in [1.165, 1.54) is 6.92 Å². The highest BCUT2D eigenvalue weighted by atomic mass is 19.1. The molecule has 1 unspecified atom stereocenters. The zero-order valence-corrected chi connectivity index (χ0v) is 20.0. The van der Waals surface area contributed by atoms with E-state index in [9.17, 15) is 14.7 Å². The molecular weight excluding hydrogens is 429 g/mol. The fourth-order valence-corrected chi connectivity index (χ4v) is 4.69. The van der Waals surface area contributed by atoms with Gasteiger partial charge in [0, 0.05) is 44.0 Å². The molecule has 10 heteroatoms. The Morgan fingerprint density at radius 2 is 2.03 bits per heavy atom. The number of nitrogens with one attached hydrogen (secondary N) is 1. The van der Waals surface area contributed by atoms with Gasteiger partial charge in [0.25, 0.3) is 0 Å². The van der Waals surface area contributed by atoms with Gasteiger partial charge in [0.05, 0.1) is 18.2 Å². The molecule has 1 atom stereocenters. The van der Waals surface area contributed by atoms with Crippen LogP contribution in [0.25, 0.3) is 0 Å². The van der Waals surface area contributed by atoms with Crippen LogP contribution in [-0.2, 0) is 14.3 Å². The number of carbonyl (C=O) groups excluding carboxylic acids is 1. The lowest BCUT2D eigenvalue weighted by Crippen LogP contribution is -2.47. The Morgan fingerprint density at radius 1 is 1.36 bits per heavy atom. The number of Topliss-reactive ketones (excluding diaryl/α,β-unsaturated/α-hetero) is 1. The summed E-state index contributed by atoms with van der Waals surface area (Å²) < 4.78 is 20.6. The number of allylic oxidation sites excluding steroid dienone is 2. The number of methoxy groups -OCH3 is 1. The molecule has 0 aromatic rings. The maximum absolute atomic E-state index is 15.5. The van der Waals surface area contributed by atoms with Crippen molar-refractivity contribution in [2.45, 2.75) is 58.0 Å². The maximum atomic E-state index is 15.5. The molecule has 2 saturated heterocycles. The van der Waals surface area contributed by atoms with Crippen molar-refractivity contribution in [2.24, 2.45) is 16.6 Å². The van der Waals surface area contributed by atoms with Crippen molar-refractivity contribution in [1.29, 1.82) is 0 Å². The van der Waals surface area contributed by atoms with E-state index in [1.807, 2.05) is 18.7 Å². The number of carbonyl (C=O) groups is 2. The van der Waals surface area contributed by atoms with Crippen LogP contribution < -0.4 is 11.1 Å². The molecule has 3 aliphatic heterocycles. The minimum atomic E-state index is -1.32. The quantitative estimate of drug-likeness (QED) is 0.524. The van der Waals surface area contributed by atoms with Crippen LogP contribution in [0.1, 0.15) is 46.5 Å². The van der Waals surface area contributed by atoms with Crippen molar-refractivity contribution in [1.82, 2.24) is 15.1 Å². The molecule has 4 N–H and O–H groups in total. The van der Waals surface area contributed by atoms with E-state index >= 15 is 4.39 Å². The lowest BCUT2D eigenvalue weighted by Gasteiger charge is -2.35. The number of nitrogens with two attached hydrogens (primary N) is 1. The van der Waals surface area contributed by atoms with Crippen molar-refractivity contribution in [3.63, 3.8) is 0 Å². The van der Waals surface area contributed by atoms with Gasteiger partial charge >= 0.3 is 5.97 Å². The minimum absolute atomic E-state index is 0.0197. The molecule has 9 nitrogen and oxygen atoms in total. The summed E-state index contributed by atoms with van der Waals surface area (Å²) in [4.78, 5) is 33.8. The van der Waals surface area contributed by atoms with E-state index in [2.05, 4.69) is 15.2 Å². The number of aliphatic carboxylic acids is 1. The molecule has 184 valence electrons. The predicted molar refractivity (Wildman–Crippen MR) is 123 cm³/mol. The number of hydrogen-bond acceptors (Lipinski definition) is 8. The number of rotatable bonds is 5. The second-order valence-corrected chi connectivity index (χ2v) is 9.62. The van der Waals surface area contributed by atoms with Gasteiger partial charge in [-0.1, -0.05) is 0 Å². The average Bonchev–Trinajstić information content (AvgIpc) is 3.07. The topological polar surface area (TPSA) is 120 Å². The summed E-state index contributed by atoms with van der Waals surface area (Å²) >= 11 is 0. The van der Waals surface area contributed by atoms with Crippen LogP contribution >= 0.6 is 0 Å². The first-order valence-corrected chi connectivity index (χ1v) is 11.5. The first kappa shape index (κ1) is 25.2. The van der Waals surface area contributed by atoms with Gasteiger partial charge in [0.2, 0.25) is 0 Å². The molecule has 0 amide bonds. The zero-order chi connectivity index (χ0) is 24.3. The fraction of sp³-hybridized carbons (Fsp3) is 0.696. The summed E-state index contributed by atoms with van der Waals surface area (Å²) in [5.74, 6) is -3.87. The number of fused-ring (bicyclic) bond motifs is 1. The Hall–Kier alpha value is -2.46. The Balaban J connectivity index is 1.91. The van der Waals surface area contributed by atoms with Crippen LogP contribution in [0.5, 0.6) is 0 Å². The Morgan fingerprint density at radius 3 is 2.64 bits per heavy atom. The van der Waals surface area contributed by atoms with Gasteiger partial charge in [-0.2, -0.15) is 0 Å². The Bertz CT molecular complexity index is 874. The number of ketones is 1. The Kier molecular flexibility index (Phi) is 7.79. The fourth-order valence-electron chi connectivity index (χ4n) is 4.69. The highest BCUT2D eigenvalue weighted by molar-refractivity contribution is 6.19. The first-order chi connectivity index (χ1) is 15.6. The van der Waals surface area contributed by atoms with Crippen molar-refractivity contribution >= 4 is 17.6 Å². The van der Waals surface area contributed by atoms with Crippen LogP contribution in [0.3, 0.4) is 0 Å². The molecule has 33 heavy (non-hydrogen) atoms. The third kappa shape index (κ3) is 5.38. The zero-order valence-electron chi connectivity index (χ0n) is 20.0. The number of carboxylic acid groups (broad SMARTS) is 1. The van der Waals surface area contributed by atoms with Gasteiger partial charge in [-0.05, 0) is 46.5 Å². The lowest BCUT2D eigenvalue weighted by atomic mass is 9.93. The normalized spacial score (nSPS) is 31.2. The van der Waals surface area contributed by atoms with E-state index < -0.39 is 29.0 Å². The number of hydrogen-bond donors (Lipinski definition) is 3. The van der Waals surface area contributed by atoms with Crippen LogP contribution in [0.2, 0.25) is 0 Å². The summed E-state index contributed by atoms with van der Waals surface area (Å²) in [6, 6.07) is 0.0197. The molecule has 3 heterocycles. The van der Waals surface area contributed by atoms with Gasteiger partial charge in [-0.15, -0.1) is 0 Å².